The fourth-order valence-corrected chi connectivity index (χ4v) is 3.56. The lowest BCUT2D eigenvalue weighted by Gasteiger charge is -2.20. The summed E-state index contributed by atoms with van der Waals surface area (Å²) in [6.07, 6.45) is 0.974. The third-order valence-corrected chi connectivity index (χ3v) is 4.89. The normalized spacial score (nSPS) is 16.9. The average molecular weight is 341 g/mol. The van der Waals surface area contributed by atoms with Crippen LogP contribution < -0.4 is 5.11 Å². The Bertz CT molecular complexity index is 741. The first kappa shape index (κ1) is 16.4. The Morgan fingerprint density at radius 1 is 1.17 bits per heavy atom. The highest BCUT2D eigenvalue weighted by Crippen LogP contribution is 2.35. The molecule has 1 atom stereocenters. The quantitative estimate of drug-likeness (QED) is 0.809. The number of benzene rings is 1. The van der Waals surface area contributed by atoms with Crippen molar-refractivity contribution in [1.82, 2.24) is 5.01 Å². The van der Waals surface area contributed by atoms with E-state index in [4.69, 9.17) is 0 Å². The first-order valence-electron chi connectivity index (χ1n) is 7.83. The molecule has 0 unspecified atom stereocenters. The maximum Gasteiger partial charge on any atom is 0.243 e. The van der Waals surface area contributed by atoms with E-state index >= 15 is 0 Å². The summed E-state index contributed by atoms with van der Waals surface area (Å²) in [6.45, 7) is 0. The molecule has 0 aliphatic carbocycles. The van der Waals surface area contributed by atoms with Crippen LogP contribution in [0.4, 0.5) is 0 Å². The van der Waals surface area contributed by atoms with Gasteiger partial charge in [-0.2, -0.15) is 5.10 Å². The number of rotatable bonds is 6. The molecule has 2 heterocycles. The van der Waals surface area contributed by atoms with E-state index in [0.29, 0.717) is 6.42 Å². The number of nitrogens with zero attached hydrogens (tertiary/aromatic N) is 2. The van der Waals surface area contributed by atoms with Crippen molar-refractivity contribution in [3.05, 3.63) is 58.3 Å². The lowest BCUT2D eigenvalue weighted by molar-refractivity contribution is -0.305. The third-order valence-electron chi connectivity index (χ3n) is 3.92. The molecule has 24 heavy (non-hydrogen) atoms. The minimum absolute atomic E-state index is 0.113. The van der Waals surface area contributed by atoms with Crippen molar-refractivity contribution in [2.75, 3.05) is 0 Å². The number of aliphatic carboxylic acids is 1. The van der Waals surface area contributed by atoms with Crippen molar-refractivity contribution in [3.8, 4) is 0 Å². The molecular weight excluding hydrogens is 324 g/mol. The van der Waals surface area contributed by atoms with Crippen molar-refractivity contribution in [1.29, 1.82) is 0 Å². The SMILES string of the molecule is O=C([O-])CCCC(=O)N1N=C(c2ccccc2)C[C@H]1c1cccs1. The zero-order valence-corrected chi connectivity index (χ0v) is 13.9. The van der Waals surface area contributed by atoms with Crippen LogP contribution in [0.5, 0.6) is 0 Å². The van der Waals surface area contributed by atoms with E-state index in [-0.39, 0.29) is 31.2 Å². The van der Waals surface area contributed by atoms with E-state index in [2.05, 4.69) is 5.10 Å². The number of carboxylic acids is 1. The van der Waals surface area contributed by atoms with E-state index < -0.39 is 5.97 Å². The van der Waals surface area contributed by atoms with Gasteiger partial charge in [0.25, 0.3) is 0 Å². The maximum absolute atomic E-state index is 12.5. The Kier molecular flexibility index (Phi) is 5.05. The number of amides is 1. The monoisotopic (exact) mass is 341 g/mol. The van der Waals surface area contributed by atoms with Gasteiger partial charge in [-0.25, -0.2) is 5.01 Å². The lowest BCUT2D eigenvalue weighted by Crippen LogP contribution is -2.27. The van der Waals surface area contributed by atoms with Gasteiger partial charge in [0.2, 0.25) is 5.91 Å². The molecule has 3 rings (SSSR count). The van der Waals surface area contributed by atoms with Gasteiger partial charge in [0.1, 0.15) is 0 Å². The van der Waals surface area contributed by atoms with Crippen LogP contribution in [0.3, 0.4) is 0 Å². The van der Waals surface area contributed by atoms with Crippen LogP contribution in [0.25, 0.3) is 0 Å². The fraction of sp³-hybridized carbons (Fsp3) is 0.278. The number of hydrazone groups is 1. The van der Waals surface area contributed by atoms with Crippen molar-refractivity contribution in [3.63, 3.8) is 0 Å². The van der Waals surface area contributed by atoms with E-state index in [1.807, 2.05) is 47.8 Å². The van der Waals surface area contributed by atoms with Gasteiger partial charge in [-0.05, 0) is 29.9 Å². The molecule has 5 nitrogen and oxygen atoms in total. The third kappa shape index (κ3) is 3.71. The zero-order valence-electron chi connectivity index (χ0n) is 13.1. The molecule has 2 aromatic rings. The average Bonchev–Trinajstić information content (AvgIpc) is 3.24. The second-order valence-electron chi connectivity index (χ2n) is 5.61. The van der Waals surface area contributed by atoms with Gasteiger partial charge in [0.05, 0.1) is 11.8 Å². The molecule has 0 fully saturated rings. The summed E-state index contributed by atoms with van der Waals surface area (Å²) < 4.78 is 0. The first-order chi connectivity index (χ1) is 11.6. The Labute approximate surface area is 144 Å². The molecule has 1 amide bonds. The fourth-order valence-electron chi connectivity index (χ4n) is 2.75. The van der Waals surface area contributed by atoms with E-state index in [1.165, 1.54) is 5.01 Å². The second kappa shape index (κ2) is 7.40. The highest BCUT2D eigenvalue weighted by Gasteiger charge is 2.33. The van der Waals surface area contributed by atoms with Crippen LogP contribution in [0, 0.1) is 0 Å². The van der Waals surface area contributed by atoms with Crippen LogP contribution in [0.1, 0.15) is 42.2 Å². The Balaban J connectivity index is 1.79. The molecule has 0 saturated carbocycles. The molecular formula is C18H17N2O3S-. The summed E-state index contributed by atoms with van der Waals surface area (Å²) >= 11 is 1.60. The predicted octanol–water partition coefficient (Wildman–Crippen LogP) is 2.35. The van der Waals surface area contributed by atoms with Crippen molar-refractivity contribution in [2.45, 2.75) is 31.7 Å². The summed E-state index contributed by atoms with van der Waals surface area (Å²) in [4.78, 5) is 24.1. The van der Waals surface area contributed by atoms with Gasteiger partial charge in [-0.1, -0.05) is 36.4 Å². The number of thiophene rings is 1. The molecule has 0 radical (unpaired) electrons. The van der Waals surface area contributed by atoms with Crippen LogP contribution in [-0.2, 0) is 9.59 Å². The molecule has 124 valence electrons. The van der Waals surface area contributed by atoms with Crippen LogP contribution >= 0.6 is 11.3 Å². The zero-order chi connectivity index (χ0) is 16.9. The molecule has 1 aromatic heterocycles. The Morgan fingerprint density at radius 2 is 1.96 bits per heavy atom. The molecule has 1 aliphatic heterocycles. The minimum Gasteiger partial charge on any atom is -0.550 e. The van der Waals surface area contributed by atoms with Gasteiger partial charge in [0.15, 0.2) is 0 Å². The summed E-state index contributed by atoms with van der Waals surface area (Å²) in [7, 11) is 0. The summed E-state index contributed by atoms with van der Waals surface area (Å²) in [6, 6.07) is 13.6. The standard InChI is InChI=1S/C18H18N2O3S/c21-17(9-4-10-18(22)23)20-15(16-8-5-11-24-16)12-14(19-20)13-6-2-1-3-7-13/h1-3,5-8,11,15H,4,9-10,12H2,(H,22,23)/p-1/t15-/m0/s1. The van der Waals surface area contributed by atoms with E-state index in [1.54, 1.807) is 11.3 Å². The van der Waals surface area contributed by atoms with Crippen LogP contribution in [0.15, 0.2) is 52.9 Å². The molecule has 0 bridgehead atoms. The highest BCUT2D eigenvalue weighted by molar-refractivity contribution is 7.10. The van der Waals surface area contributed by atoms with Gasteiger partial charge in [0, 0.05) is 23.7 Å². The molecule has 6 heteroatoms. The number of hydrogen-bond acceptors (Lipinski definition) is 5. The Hall–Kier alpha value is -2.47. The maximum atomic E-state index is 12.5. The predicted molar refractivity (Wildman–Crippen MR) is 90.4 cm³/mol. The van der Waals surface area contributed by atoms with Gasteiger partial charge in [-0.3, -0.25) is 4.79 Å². The highest BCUT2D eigenvalue weighted by atomic mass is 32.1. The molecule has 0 saturated heterocycles. The summed E-state index contributed by atoms with van der Waals surface area (Å²) in [5, 5.41) is 18.6. The molecule has 1 aliphatic rings. The van der Waals surface area contributed by atoms with Gasteiger partial charge in [-0.15, -0.1) is 11.3 Å². The second-order valence-corrected chi connectivity index (χ2v) is 6.59. The number of carbonyl (C=O) groups excluding carboxylic acids is 2. The summed E-state index contributed by atoms with van der Waals surface area (Å²) in [5.74, 6) is -1.28. The van der Waals surface area contributed by atoms with Crippen molar-refractivity contribution >= 4 is 28.9 Å². The first-order valence-corrected chi connectivity index (χ1v) is 8.71. The molecule has 1 aromatic carbocycles. The van der Waals surface area contributed by atoms with Gasteiger partial charge >= 0.3 is 0 Å². The summed E-state index contributed by atoms with van der Waals surface area (Å²) in [5.41, 5.74) is 1.88. The Morgan fingerprint density at radius 3 is 2.62 bits per heavy atom. The smallest absolute Gasteiger partial charge is 0.243 e. The van der Waals surface area contributed by atoms with Crippen molar-refractivity contribution < 1.29 is 14.7 Å². The minimum atomic E-state index is -1.13. The number of carboxylic acid groups (broad SMARTS) is 1. The van der Waals surface area contributed by atoms with Crippen LogP contribution in [0.2, 0.25) is 0 Å². The number of hydrogen-bond donors (Lipinski definition) is 0. The van der Waals surface area contributed by atoms with E-state index in [9.17, 15) is 14.7 Å². The van der Waals surface area contributed by atoms with E-state index in [0.717, 1.165) is 16.2 Å². The van der Waals surface area contributed by atoms with Gasteiger partial charge < -0.3 is 9.90 Å². The largest absolute Gasteiger partial charge is 0.550 e. The molecule has 0 spiro atoms. The topological polar surface area (TPSA) is 72.8 Å². The van der Waals surface area contributed by atoms with Crippen molar-refractivity contribution in [2.24, 2.45) is 5.10 Å². The lowest BCUT2D eigenvalue weighted by atomic mass is 10.0. The van der Waals surface area contributed by atoms with Crippen LogP contribution in [-0.4, -0.2) is 22.6 Å². The number of carbonyl (C=O) groups is 2. The molecule has 0 N–H and O–H groups in total.